The summed E-state index contributed by atoms with van der Waals surface area (Å²) in [7, 11) is 0. The lowest BCUT2D eigenvalue weighted by molar-refractivity contribution is 0.0689. The Balaban J connectivity index is 0.00000141. The lowest BCUT2D eigenvalue weighted by Gasteiger charge is -2.18. The van der Waals surface area contributed by atoms with Crippen LogP contribution in [0, 0.1) is 0 Å². The monoisotopic (exact) mass is 504 g/mol. The lowest BCUT2D eigenvalue weighted by atomic mass is 9.98. The summed E-state index contributed by atoms with van der Waals surface area (Å²) in [4.78, 5) is 22.0. The van der Waals surface area contributed by atoms with Gasteiger partial charge in [-0.15, -0.1) is 11.8 Å². The fourth-order valence-electron chi connectivity index (χ4n) is 3.85. The van der Waals surface area contributed by atoms with Crippen molar-refractivity contribution >= 4 is 50.1 Å². The van der Waals surface area contributed by atoms with Gasteiger partial charge < -0.3 is 5.11 Å². The molecule has 2 aromatic carbocycles. The van der Waals surface area contributed by atoms with Crippen LogP contribution in [0.1, 0.15) is 61.6 Å². The van der Waals surface area contributed by atoms with E-state index < -0.39 is 5.97 Å². The highest BCUT2D eigenvalue weighted by molar-refractivity contribution is 7.99. The van der Waals surface area contributed by atoms with Crippen LogP contribution in [0.15, 0.2) is 64.6 Å². The number of aromatic nitrogens is 2. The average molecular weight is 505 g/mol. The zero-order valence-electron chi connectivity index (χ0n) is 20.2. The molecule has 1 aliphatic heterocycles. The van der Waals surface area contributed by atoms with Crippen molar-refractivity contribution in [3.05, 3.63) is 71.4 Å². The highest BCUT2D eigenvalue weighted by atomic mass is 32.2. The third-order valence-electron chi connectivity index (χ3n) is 5.51. The second-order valence-electron chi connectivity index (χ2n) is 8.06. The first-order valence-corrected chi connectivity index (χ1v) is 13.5. The van der Waals surface area contributed by atoms with Crippen molar-refractivity contribution in [3.8, 4) is 11.3 Å². The van der Waals surface area contributed by atoms with E-state index >= 15 is 0 Å². The van der Waals surface area contributed by atoms with E-state index in [2.05, 4.69) is 27.5 Å². The van der Waals surface area contributed by atoms with Gasteiger partial charge in [-0.05, 0) is 41.8 Å². The molecular formula is C27H28N4O2S2. The van der Waals surface area contributed by atoms with Gasteiger partial charge in [0.15, 0.2) is 5.69 Å². The summed E-state index contributed by atoms with van der Waals surface area (Å²) in [5, 5.41) is 15.1. The number of hydrogen-bond donors (Lipinski definition) is 2. The molecule has 180 valence electrons. The van der Waals surface area contributed by atoms with Crippen LogP contribution in [0.5, 0.6) is 0 Å². The largest absolute Gasteiger partial charge is 0.477 e. The van der Waals surface area contributed by atoms with Crippen molar-refractivity contribution in [2.24, 2.45) is 5.10 Å². The third kappa shape index (κ3) is 5.39. The Morgan fingerprint density at radius 2 is 1.89 bits per heavy atom. The SMILES string of the molecule is CC.CC(C)c1ccc(-c2ccc3c(c2)/C(=N/Nc2nc4ccccc4s2)CCS3)nc1C(=O)O. The molecule has 4 aromatic rings. The second-order valence-corrected chi connectivity index (χ2v) is 10.2. The minimum atomic E-state index is -1.00. The molecule has 1 aliphatic rings. The zero-order chi connectivity index (χ0) is 24.9. The number of carboxylic acids is 1. The molecule has 35 heavy (non-hydrogen) atoms. The van der Waals surface area contributed by atoms with Crippen molar-refractivity contribution in [3.63, 3.8) is 0 Å². The fraction of sp³-hybridized carbons (Fsp3) is 0.259. The van der Waals surface area contributed by atoms with Gasteiger partial charge in [-0.2, -0.15) is 5.10 Å². The minimum Gasteiger partial charge on any atom is -0.477 e. The number of aromatic carboxylic acids is 1. The molecule has 0 radical (unpaired) electrons. The van der Waals surface area contributed by atoms with Gasteiger partial charge in [-0.3, -0.25) is 5.43 Å². The van der Waals surface area contributed by atoms with Crippen molar-refractivity contribution in [2.45, 2.75) is 44.9 Å². The van der Waals surface area contributed by atoms with Gasteiger partial charge in [-0.25, -0.2) is 14.8 Å². The molecule has 0 saturated carbocycles. The van der Waals surface area contributed by atoms with Crippen molar-refractivity contribution in [1.82, 2.24) is 9.97 Å². The van der Waals surface area contributed by atoms with Crippen LogP contribution in [0.4, 0.5) is 5.13 Å². The number of para-hydroxylation sites is 1. The summed E-state index contributed by atoms with van der Waals surface area (Å²) in [5.41, 5.74) is 8.48. The summed E-state index contributed by atoms with van der Waals surface area (Å²) in [6.45, 7) is 7.95. The van der Waals surface area contributed by atoms with Gasteiger partial charge in [0, 0.05) is 28.2 Å². The second kappa shape index (κ2) is 11.0. The molecule has 0 saturated heterocycles. The number of carboxylic acid groups (broad SMARTS) is 1. The number of fused-ring (bicyclic) bond motifs is 2. The molecule has 3 heterocycles. The number of rotatable bonds is 5. The van der Waals surface area contributed by atoms with Crippen LogP contribution in [0.25, 0.3) is 21.5 Å². The summed E-state index contributed by atoms with van der Waals surface area (Å²) < 4.78 is 1.12. The van der Waals surface area contributed by atoms with Gasteiger partial charge in [0.1, 0.15) is 0 Å². The smallest absolute Gasteiger partial charge is 0.354 e. The van der Waals surface area contributed by atoms with E-state index in [1.54, 1.807) is 23.1 Å². The van der Waals surface area contributed by atoms with Crippen LogP contribution in [0.3, 0.4) is 0 Å². The molecule has 0 spiro atoms. The Labute approximate surface area is 213 Å². The van der Waals surface area contributed by atoms with Crippen molar-refractivity contribution in [2.75, 3.05) is 11.2 Å². The number of nitrogens with one attached hydrogen (secondary N) is 1. The molecule has 0 fully saturated rings. The standard InChI is InChI=1S/C25H22N4O2S2.C2H6/c1-14(2)16-8-9-18(26-23(16)24(30)31)15-7-10-21-17(13-15)19(11-12-32-21)28-29-25-27-20-5-3-4-6-22(20)33-25;1-2/h3-10,13-14H,11-12H2,1-2H3,(H,27,29)(H,30,31);1-2H3/b28-19+;. The van der Waals surface area contributed by atoms with E-state index in [0.29, 0.717) is 5.69 Å². The predicted octanol–water partition coefficient (Wildman–Crippen LogP) is 7.52. The molecule has 6 nitrogen and oxygen atoms in total. The third-order valence-corrected chi connectivity index (χ3v) is 7.53. The van der Waals surface area contributed by atoms with Gasteiger partial charge >= 0.3 is 5.97 Å². The summed E-state index contributed by atoms with van der Waals surface area (Å²) in [5.74, 6) is 0.0401. The number of anilines is 1. The minimum absolute atomic E-state index is 0.0879. The Morgan fingerprint density at radius 1 is 1.09 bits per heavy atom. The average Bonchev–Trinajstić information content (AvgIpc) is 3.31. The summed E-state index contributed by atoms with van der Waals surface area (Å²) >= 11 is 3.37. The number of nitrogens with zero attached hydrogens (tertiary/aromatic N) is 3. The maximum absolute atomic E-state index is 11.8. The molecule has 8 heteroatoms. The van der Waals surface area contributed by atoms with E-state index in [-0.39, 0.29) is 11.6 Å². The number of pyridine rings is 1. The van der Waals surface area contributed by atoms with Gasteiger partial charge in [0.05, 0.1) is 21.6 Å². The van der Waals surface area contributed by atoms with Crippen LogP contribution < -0.4 is 5.43 Å². The molecule has 0 aliphatic carbocycles. The Bertz CT molecular complexity index is 1360. The van der Waals surface area contributed by atoms with Crippen LogP contribution in [0.2, 0.25) is 0 Å². The van der Waals surface area contributed by atoms with E-state index in [1.165, 1.54) is 0 Å². The molecule has 2 N–H and O–H groups in total. The summed E-state index contributed by atoms with van der Waals surface area (Å²) in [6, 6.07) is 17.9. The van der Waals surface area contributed by atoms with E-state index in [4.69, 9.17) is 5.10 Å². The van der Waals surface area contributed by atoms with Crippen LogP contribution in [-0.2, 0) is 0 Å². The number of hydrogen-bond acceptors (Lipinski definition) is 7. The number of carbonyl (C=O) groups is 1. The topological polar surface area (TPSA) is 87.5 Å². The molecule has 0 atom stereocenters. The molecule has 2 aromatic heterocycles. The molecular weight excluding hydrogens is 476 g/mol. The number of thiazole rings is 1. The molecule has 0 amide bonds. The lowest BCUT2D eigenvalue weighted by Crippen LogP contribution is -2.12. The molecule has 0 unspecified atom stereocenters. The van der Waals surface area contributed by atoms with Crippen LogP contribution >= 0.6 is 23.1 Å². The number of hydrazone groups is 1. The first kappa shape index (κ1) is 24.9. The van der Waals surface area contributed by atoms with Gasteiger partial charge in [0.25, 0.3) is 0 Å². The maximum Gasteiger partial charge on any atom is 0.354 e. The molecule has 0 bridgehead atoms. The first-order chi connectivity index (χ1) is 17.0. The fourth-order valence-corrected chi connectivity index (χ4v) is 5.67. The Morgan fingerprint density at radius 3 is 2.63 bits per heavy atom. The normalized spacial score (nSPS) is 13.9. The highest BCUT2D eigenvalue weighted by Crippen LogP contribution is 2.34. The van der Waals surface area contributed by atoms with Gasteiger partial charge in [-0.1, -0.05) is 63.3 Å². The van der Waals surface area contributed by atoms with Crippen LogP contribution in [-0.4, -0.2) is 32.5 Å². The van der Waals surface area contributed by atoms with E-state index in [1.807, 2.05) is 70.2 Å². The summed E-state index contributed by atoms with van der Waals surface area (Å²) in [6.07, 6.45) is 0.832. The Kier molecular flexibility index (Phi) is 7.83. The Hall–Kier alpha value is -3.23. The van der Waals surface area contributed by atoms with Crippen molar-refractivity contribution in [1.29, 1.82) is 0 Å². The number of benzene rings is 2. The first-order valence-electron chi connectivity index (χ1n) is 11.7. The van der Waals surface area contributed by atoms with E-state index in [9.17, 15) is 9.90 Å². The number of thioether (sulfide) groups is 1. The quantitative estimate of drug-likeness (QED) is 0.273. The van der Waals surface area contributed by atoms with Gasteiger partial charge in [0.2, 0.25) is 5.13 Å². The highest BCUT2D eigenvalue weighted by Gasteiger charge is 2.20. The maximum atomic E-state index is 11.8. The zero-order valence-corrected chi connectivity index (χ0v) is 21.8. The molecule has 5 rings (SSSR count). The van der Waals surface area contributed by atoms with E-state index in [0.717, 1.165) is 54.8 Å². The van der Waals surface area contributed by atoms with Crippen molar-refractivity contribution < 1.29 is 9.90 Å². The predicted molar refractivity (Wildman–Crippen MR) is 147 cm³/mol.